The third kappa shape index (κ3) is 5.50. The minimum absolute atomic E-state index is 0.153. The van der Waals surface area contributed by atoms with Gasteiger partial charge in [-0.2, -0.15) is 57.1 Å². The van der Waals surface area contributed by atoms with Crippen LogP contribution in [0.1, 0.15) is 51.9 Å². The van der Waals surface area contributed by atoms with E-state index in [9.17, 15) is 57.1 Å². The van der Waals surface area contributed by atoms with Crippen LogP contribution in [0.4, 0.5) is 57.1 Å². The van der Waals surface area contributed by atoms with Crippen LogP contribution in [0.15, 0.2) is 12.2 Å². The Balaban J connectivity index is 5.42. The highest BCUT2D eigenvalue weighted by atomic mass is 19.4. The van der Waals surface area contributed by atoms with Gasteiger partial charge in [0.15, 0.2) is 0 Å². The van der Waals surface area contributed by atoms with Gasteiger partial charge < -0.3 is 0 Å². The smallest absolute Gasteiger partial charge is 0.195 e. The predicted octanol–water partition coefficient (Wildman–Crippen LogP) is 8.03. The van der Waals surface area contributed by atoms with E-state index in [-0.39, 0.29) is 18.9 Å². The third-order valence-corrected chi connectivity index (χ3v) is 4.01. The maximum atomic E-state index is 13.4. The van der Waals surface area contributed by atoms with Gasteiger partial charge in [0, 0.05) is 0 Å². The Morgan fingerprint density at radius 2 is 0.931 bits per heavy atom. The highest BCUT2D eigenvalue weighted by Crippen LogP contribution is 2.60. The molecule has 0 spiro atoms. The van der Waals surface area contributed by atoms with Gasteiger partial charge >= 0.3 is 35.8 Å². The van der Waals surface area contributed by atoms with Crippen LogP contribution >= 0.6 is 0 Å². The summed E-state index contributed by atoms with van der Waals surface area (Å²) in [5.74, 6) is -36.6. The molecule has 0 atom stereocenters. The summed E-state index contributed by atoms with van der Waals surface area (Å²) in [6.45, 7) is 1.91. The van der Waals surface area contributed by atoms with E-state index < -0.39 is 41.9 Å². The Morgan fingerprint density at radius 1 is 0.517 bits per heavy atom. The van der Waals surface area contributed by atoms with Gasteiger partial charge in [-0.25, -0.2) is 0 Å². The number of halogens is 13. The van der Waals surface area contributed by atoms with Crippen LogP contribution in [0.5, 0.6) is 0 Å². The van der Waals surface area contributed by atoms with E-state index in [1.807, 2.05) is 6.92 Å². The van der Waals surface area contributed by atoms with Crippen molar-refractivity contribution in [2.45, 2.75) is 87.7 Å². The van der Waals surface area contributed by atoms with E-state index in [1.165, 1.54) is 0 Å². The van der Waals surface area contributed by atoms with Crippen LogP contribution in [0.2, 0.25) is 0 Å². The summed E-state index contributed by atoms with van der Waals surface area (Å²) in [7, 11) is 0. The molecule has 0 aromatic carbocycles. The Bertz CT molecular complexity index is 531. The minimum Gasteiger partial charge on any atom is -0.195 e. The van der Waals surface area contributed by atoms with E-state index in [0.29, 0.717) is 12.8 Å². The summed E-state index contributed by atoms with van der Waals surface area (Å²) in [4.78, 5) is 0. The molecule has 0 amide bonds. The number of hydrogen-bond acceptors (Lipinski definition) is 0. The number of rotatable bonds is 12. The van der Waals surface area contributed by atoms with Crippen LogP contribution in [-0.4, -0.2) is 35.8 Å². The van der Waals surface area contributed by atoms with Gasteiger partial charge in [0.1, 0.15) is 0 Å². The van der Waals surface area contributed by atoms with Crippen molar-refractivity contribution in [1.29, 1.82) is 0 Å². The van der Waals surface area contributed by atoms with Crippen molar-refractivity contribution < 1.29 is 57.1 Å². The molecule has 0 aromatic heterocycles. The zero-order chi connectivity index (χ0) is 23.4. The Morgan fingerprint density at radius 3 is 1.38 bits per heavy atom. The lowest BCUT2D eigenvalue weighted by Crippen LogP contribution is -2.69. The Hall–Kier alpha value is -1.17. The SMILES string of the molecule is CCCCCCCC/C=C/C(F)(F)C(F)(F)C(F)(F)C(F)(F)C(F)(F)C(F)(F)F. The van der Waals surface area contributed by atoms with Gasteiger partial charge in [-0.05, 0) is 18.9 Å². The zero-order valence-electron chi connectivity index (χ0n) is 15.0. The molecule has 0 aromatic rings. The fourth-order valence-electron chi connectivity index (χ4n) is 2.16. The van der Waals surface area contributed by atoms with Crippen molar-refractivity contribution >= 4 is 0 Å². The van der Waals surface area contributed by atoms with Crippen LogP contribution in [0.25, 0.3) is 0 Å². The minimum atomic E-state index is -7.85. The normalized spacial score (nSPS) is 15.4. The van der Waals surface area contributed by atoms with E-state index >= 15 is 0 Å². The molecule has 0 aliphatic carbocycles. The lowest BCUT2D eigenvalue weighted by atomic mass is 9.93. The summed E-state index contributed by atoms with van der Waals surface area (Å²) >= 11 is 0. The fraction of sp³-hybridized carbons (Fsp3) is 0.875. The summed E-state index contributed by atoms with van der Waals surface area (Å²) in [5, 5.41) is 0. The summed E-state index contributed by atoms with van der Waals surface area (Å²) < 4.78 is 167. The Labute approximate surface area is 158 Å². The van der Waals surface area contributed by atoms with Crippen molar-refractivity contribution in [3.05, 3.63) is 12.2 Å². The van der Waals surface area contributed by atoms with Crippen LogP contribution < -0.4 is 0 Å². The van der Waals surface area contributed by atoms with Gasteiger partial charge in [-0.15, -0.1) is 0 Å². The fourth-order valence-corrected chi connectivity index (χ4v) is 2.16. The first kappa shape index (κ1) is 27.8. The maximum absolute atomic E-state index is 13.4. The molecule has 0 radical (unpaired) electrons. The molecule has 0 N–H and O–H groups in total. The first-order valence-electron chi connectivity index (χ1n) is 8.44. The second-order valence-electron chi connectivity index (χ2n) is 6.38. The predicted molar refractivity (Wildman–Crippen MR) is 77.9 cm³/mol. The average molecular weight is 458 g/mol. The molecule has 0 aliphatic heterocycles. The molecule has 0 saturated heterocycles. The maximum Gasteiger partial charge on any atom is 0.460 e. The van der Waals surface area contributed by atoms with Crippen molar-refractivity contribution in [3.8, 4) is 0 Å². The number of allylic oxidation sites excluding steroid dienone is 2. The lowest BCUT2D eigenvalue weighted by molar-refractivity contribution is -0.436. The molecule has 0 aliphatic rings. The largest absolute Gasteiger partial charge is 0.460 e. The summed E-state index contributed by atoms with van der Waals surface area (Å²) in [6, 6.07) is 0. The number of hydrogen-bond donors (Lipinski definition) is 0. The number of alkyl halides is 13. The summed E-state index contributed by atoms with van der Waals surface area (Å²) in [6.07, 6.45) is -4.54. The van der Waals surface area contributed by atoms with Crippen LogP contribution in [0.3, 0.4) is 0 Å². The van der Waals surface area contributed by atoms with Crippen LogP contribution in [-0.2, 0) is 0 Å². The molecule has 13 heteroatoms. The first-order chi connectivity index (χ1) is 12.8. The quantitative estimate of drug-likeness (QED) is 0.158. The van der Waals surface area contributed by atoms with E-state index in [2.05, 4.69) is 0 Å². The van der Waals surface area contributed by atoms with Gasteiger partial charge in [-0.1, -0.05) is 45.1 Å². The highest BCUT2D eigenvalue weighted by Gasteiger charge is 2.90. The standard InChI is InChI=1S/C16H19F13/c1-2-3-4-5-6-7-8-9-10-11(17,18)12(19,20)13(21,22)14(23,24)15(25,26)16(27,28)29/h9-10H,2-8H2,1H3/b10-9+. The van der Waals surface area contributed by atoms with E-state index in [0.717, 1.165) is 19.3 Å². The summed E-state index contributed by atoms with van der Waals surface area (Å²) in [5.41, 5.74) is 0. The monoisotopic (exact) mass is 458 g/mol. The van der Waals surface area contributed by atoms with Gasteiger partial charge in [0.2, 0.25) is 0 Å². The number of unbranched alkanes of at least 4 members (excludes halogenated alkanes) is 6. The molecule has 174 valence electrons. The van der Waals surface area contributed by atoms with Gasteiger partial charge in [0.25, 0.3) is 0 Å². The molecule has 0 fully saturated rings. The molecule has 0 bridgehead atoms. The van der Waals surface area contributed by atoms with Crippen molar-refractivity contribution in [1.82, 2.24) is 0 Å². The molecule has 0 heterocycles. The molecule has 29 heavy (non-hydrogen) atoms. The highest BCUT2D eigenvalue weighted by molar-refractivity contribution is 5.15. The van der Waals surface area contributed by atoms with E-state index in [1.54, 1.807) is 0 Å². The average Bonchev–Trinajstić information content (AvgIpc) is 2.55. The van der Waals surface area contributed by atoms with Gasteiger partial charge in [0.05, 0.1) is 0 Å². The molecular weight excluding hydrogens is 439 g/mol. The molecule has 0 unspecified atom stereocenters. The van der Waals surface area contributed by atoms with Crippen molar-refractivity contribution in [2.24, 2.45) is 0 Å². The zero-order valence-corrected chi connectivity index (χ0v) is 15.0. The topological polar surface area (TPSA) is 0 Å². The molecular formula is C16H19F13. The van der Waals surface area contributed by atoms with Crippen molar-refractivity contribution in [3.63, 3.8) is 0 Å². The second kappa shape index (κ2) is 9.32. The van der Waals surface area contributed by atoms with E-state index in [4.69, 9.17) is 0 Å². The van der Waals surface area contributed by atoms with Crippen molar-refractivity contribution in [2.75, 3.05) is 0 Å². The molecule has 0 rings (SSSR count). The molecule has 0 nitrogen and oxygen atoms in total. The third-order valence-electron chi connectivity index (χ3n) is 4.01. The Kier molecular flexibility index (Phi) is 8.94. The second-order valence-corrected chi connectivity index (χ2v) is 6.38. The van der Waals surface area contributed by atoms with Gasteiger partial charge in [-0.3, -0.25) is 0 Å². The first-order valence-corrected chi connectivity index (χ1v) is 8.44. The van der Waals surface area contributed by atoms with Crippen LogP contribution in [0, 0.1) is 0 Å². The molecule has 0 saturated carbocycles. The lowest BCUT2D eigenvalue weighted by Gasteiger charge is -2.39.